The highest BCUT2D eigenvalue weighted by atomic mass is 16.2. The molecule has 2 amide bonds. The SMILES string of the molecule is CC.CC(=O)Nc1ccc(-c2ccc3c(c2)C(N)CCN3C(C)=O)cc1. The molecule has 0 aromatic heterocycles. The molecular weight excluding hydrogens is 326 g/mol. The van der Waals surface area contributed by atoms with Gasteiger partial charge in [-0.3, -0.25) is 9.59 Å². The molecule has 1 aliphatic rings. The van der Waals surface area contributed by atoms with Gasteiger partial charge in [0.2, 0.25) is 11.8 Å². The Morgan fingerprint density at radius 2 is 1.65 bits per heavy atom. The summed E-state index contributed by atoms with van der Waals surface area (Å²) in [6, 6.07) is 13.6. The molecular formula is C21H27N3O2. The second-order valence-electron chi connectivity index (χ2n) is 6.10. The molecule has 1 unspecified atom stereocenters. The summed E-state index contributed by atoms with van der Waals surface area (Å²) in [6.07, 6.45) is 0.761. The molecule has 0 bridgehead atoms. The third-order valence-corrected chi connectivity index (χ3v) is 4.30. The minimum absolute atomic E-state index is 0.0376. The maximum atomic E-state index is 11.8. The molecule has 3 rings (SSSR count). The Labute approximate surface area is 155 Å². The zero-order valence-corrected chi connectivity index (χ0v) is 15.9. The van der Waals surface area contributed by atoms with E-state index in [1.54, 1.807) is 11.8 Å². The van der Waals surface area contributed by atoms with Crippen LogP contribution in [0, 0.1) is 0 Å². The second-order valence-corrected chi connectivity index (χ2v) is 6.10. The van der Waals surface area contributed by atoms with Crippen LogP contribution in [0.5, 0.6) is 0 Å². The van der Waals surface area contributed by atoms with Gasteiger partial charge in [-0.25, -0.2) is 0 Å². The third-order valence-electron chi connectivity index (χ3n) is 4.30. The van der Waals surface area contributed by atoms with Crippen LogP contribution in [-0.4, -0.2) is 18.4 Å². The van der Waals surface area contributed by atoms with Gasteiger partial charge in [0.05, 0.1) is 0 Å². The van der Waals surface area contributed by atoms with E-state index in [0.717, 1.165) is 34.5 Å². The number of hydrogen-bond donors (Lipinski definition) is 2. The molecule has 0 spiro atoms. The van der Waals surface area contributed by atoms with Crippen LogP contribution in [0.4, 0.5) is 11.4 Å². The van der Waals surface area contributed by atoms with Crippen LogP contribution < -0.4 is 16.0 Å². The summed E-state index contributed by atoms with van der Waals surface area (Å²) >= 11 is 0. The van der Waals surface area contributed by atoms with Crippen LogP contribution >= 0.6 is 0 Å². The Kier molecular flexibility index (Phi) is 6.52. The zero-order chi connectivity index (χ0) is 19.3. The van der Waals surface area contributed by atoms with E-state index < -0.39 is 0 Å². The lowest BCUT2D eigenvalue weighted by Crippen LogP contribution is -2.36. The first-order valence-electron chi connectivity index (χ1n) is 9.01. The number of rotatable bonds is 2. The Morgan fingerprint density at radius 1 is 1.04 bits per heavy atom. The van der Waals surface area contributed by atoms with Gasteiger partial charge in [-0.1, -0.05) is 32.0 Å². The number of nitrogens with one attached hydrogen (secondary N) is 1. The topological polar surface area (TPSA) is 75.4 Å². The maximum Gasteiger partial charge on any atom is 0.223 e. The number of nitrogens with two attached hydrogens (primary N) is 1. The molecule has 138 valence electrons. The van der Waals surface area contributed by atoms with Crippen molar-refractivity contribution in [3.8, 4) is 11.1 Å². The van der Waals surface area contributed by atoms with E-state index in [1.807, 2.05) is 50.2 Å². The number of fused-ring (bicyclic) bond motifs is 1. The maximum absolute atomic E-state index is 11.8. The van der Waals surface area contributed by atoms with Crippen molar-refractivity contribution in [3.05, 3.63) is 48.0 Å². The monoisotopic (exact) mass is 353 g/mol. The van der Waals surface area contributed by atoms with Crippen LogP contribution in [0.2, 0.25) is 0 Å². The number of carbonyl (C=O) groups excluding carboxylic acids is 2. The van der Waals surface area contributed by atoms with E-state index in [-0.39, 0.29) is 17.9 Å². The van der Waals surface area contributed by atoms with Crippen LogP contribution in [-0.2, 0) is 9.59 Å². The molecule has 1 aliphatic heterocycles. The summed E-state index contributed by atoms with van der Waals surface area (Å²) < 4.78 is 0. The van der Waals surface area contributed by atoms with Crippen molar-refractivity contribution in [2.45, 2.75) is 40.2 Å². The summed E-state index contributed by atoms with van der Waals surface area (Å²) in [5, 5.41) is 2.76. The van der Waals surface area contributed by atoms with Crippen LogP contribution in [0.15, 0.2) is 42.5 Å². The molecule has 0 saturated carbocycles. The average molecular weight is 353 g/mol. The summed E-state index contributed by atoms with van der Waals surface area (Å²) in [5.41, 5.74) is 11.0. The number of carbonyl (C=O) groups is 2. The van der Waals surface area contributed by atoms with Crippen molar-refractivity contribution < 1.29 is 9.59 Å². The second kappa shape index (κ2) is 8.63. The Bertz CT molecular complexity index is 784. The lowest BCUT2D eigenvalue weighted by Gasteiger charge is -2.32. The van der Waals surface area contributed by atoms with Gasteiger partial charge < -0.3 is 16.0 Å². The van der Waals surface area contributed by atoms with Gasteiger partial charge in [0.1, 0.15) is 0 Å². The largest absolute Gasteiger partial charge is 0.326 e. The van der Waals surface area contributed by atoms with Crippen molar-refractivity contribution in [1.29, 1.82) is 0 Å². The molecule has 3 N–H and O–H groups in total. The quantitative estimate of drug-likeness (QED) is 0.853. The molecule has 2 aromatic rings. The van der Waals surface area contributed by atoms with Crippen molar-refractivity contribution in [3.63, 3.8) is 0 Å². The first kappa shape index (κ1) is 19.7. The van der Waals surface area contributed by atoms with Gasteiger partial charge in [-0.15, -0.1) is 0 Å². The Morgan fingerprint density at radius 3 is 2.23 bits per heavy atom. The number of amides is 2. The van der Waals surface area contributed by atoms with E-state index in [9.17, 15) is 9.59 Å². The molecule has 5 heteroatoms. The summed E-state index contributed by atoms with van der Waals surface area (Å²) in [4.78, 5) is 24.7. The first-order chi connectivity index (χ1) is 12.5. The van der Waals surface area contributed by atoms with E-state index in [0.29, 0.717) is 6.54 Å². The lowest BCUT2D eigenvalue weighted by atomic mass is 9.93. The van der Waals surface area contributed by atoms with E-state index in [1.165, 1.54) is 6.92 Å². The van der Waals surface area contributed by atoms with Crippen molar-refractivity contribution in [2.24, 2.45) is 5.73 Å². The fourth-order valence-corrected chi connectivity index (χ4v) is 3.10. The highest BCUT2D eigenvalue weighted by Crippen LogP contribution is 2.36. The number of anilines is 2. The predicted octanol–water partition coefficient (Wildman–Crippen LogP) is 4.09. The lowest BCUT2D eigenvalue weighted by molar-refractivity contribution is -0.116. The van der Waals surface area contributed by atoms with E-state index in [4.69, 9.17) is 5.73 Å². The van der Waals surface area contributed by atoms with Crippen LogP contribution in [0.25, 0.3) is 11.1 Å². The first-order valence-corrected chi connectivity index (χ1v) is 9.01. The van der Waals surface area contributed by atoms with Gasteiger partial charge in [0, 0.05) is 37.8 Å². The third kappa shape index (κ3) is 4.29. The van der Waals surface area contributed by atoms with Crippen molar-refractivity contribution in [2.75, 3.05) is 16.8 Å². The highest BCUT2D eigenvalue weighted by Gasteiger charge is 2.25. The number of benzene rings is 2. The molecule has 1 atom stereocenters. The zero-order valence-electron chi connectivity index (χ0n) is 15.9. The fourth-order valence-electron chi connectivity index (χ4n) is 3.10. The molecule has 0 fully saturated rings. The molecule has 26 heavy (non-hydrogen) atoms. The average Bonchev–Trinajstić information content (AvgIpc) is 2.63. The normalized spacial score (nSPS) is 15.4. The van der Waals surface area contributed by atoms with Gasteiger partial charge in [0.25, 0.3) is 0 Å². The van der Waals surface area contributed by atoms with Crippen LogP contribution in [0.3, 0.4) is 0 Å². The molecule has 0 saturated heterocycles. The van der Waals surface area contributed by atoms with E-state index in [2.05, 4.69) is 11.4 Å². The van der Waals surface area contributed by atoms with Crippen LogP contribution in [0.1, 0.15) is 45.7 Å². The standard InChI is InChI=1S/C19H21N3O2.C2H6/c1-12(23)21-16-6-3-14(4-7-16)15-5-8-19-17(11-15)18(20)9-10-22(19)13(2)24;1-2/h3-8,11,18H,9-10,20H2,1-2H3,(H,21,23);1-2H3. The number of nitrogens with zero attached hydrogens (tertiary/aromatic N) is 1. The van der Waals surface area contributed by atoms with Crippen molar-refractivity contribution in [1.82, 2.24) is 0 Å². The van der Waals surface area contributed by atoms with Gasteiger partial charge >= 0.3 is 0 Å². The van der Waals surface area contributed by atoms with Crippen molar-refractivity contribution >= 4 is 23.2 Å². The van der Waals surface area contributed by atoms with Gasteiger partial charge in [-0.2, -0.15) is 0 Å². The van der Waals surface area contributed by atoms with E-state index >= 15 is 0 Å². The minimum Gasteiger partial charge on any atom is -0.326 e. The smallest absolute Gasteiger partial charge is 0.223 e. The fraction of sp³-hybridized carbons (Fsp3) is 0.333. The predicted molar refractivity (Wildman–Crippen MR) is 107 cm³/mol. The molecule has 0 radical (unpaired) electrons. The Hall–Kier alpha value is -2.66. The minimum atomic E-state index is -0.0909. The molecule has 5 nitrogen and oxygen atoms in total. The van der Waals surface area contributed by atoms with Gasteiger partial charge in [-0.05, 0) is 47.4 Å². The summed E-state index contributed by atoms with van der Waals surface area (Å²) in [6.45, 7) is 7.73. The number of hydrogen-bond acceptors (Lipinski definition) is 3. The summed E-state index contributed by atoms with van der Waals surface area (Å²) in [7, 11) is 0. The molecule has 0 aliphatic carbocycles. The summed E-state index contributed by atoms with van der Waals surface area (Å²) in [5.74, 6) is -0.0533. The van der Waals surface area contributed by atoms with Gasteiger partial charge in [0.15, 0.2) is 0 Å². The molecule has 2 aromatic carbocycles. The molecule has 1 heterocycles. The Balaban J connectivity index is 0.00000117. The highest BCUT2D eigenvalue weighted by molar-refractivity contribution is 5.93.